The molecule has 3 N–H and O–H groups in total. The van der Waals surface area contributed by atoms with Gasteiger partial charge in [-0.3, -0.25) is 4.57 Å². The van der Waals surface area contributed by atoms with Crippen LogP contribution in [-0.4, -0.2) is 52.4 Å². The summed E-state index contributed by atoms with van der Waals surface area (Å²) in [6, 6.07) is 0. The van der Waals surface area contributed by atoms with Crippen molar-refractivity contribution in [1.29, 1.82) is 0 Å². The lowest BCUT2D eigenvalue weighted by Crippen LogP contribution is -2.49. The molecular weight excluding hydrogens is 457 g/mol. The third kappa shape index (κ3) is 21.6. The van der Waals surface area contributed by atoms with Gasteiger partial charge < -0.3 is 19.4 Å². The van der Waals surface area contributed by atoms with Gasteiger partial charge in [0.05, 0.1) is 21.1 Å². The number of hydrogen-bond donors (Lipinski definition) is 3. The molecule has 210 valence electrons. The molecule has 0 aromatic rings. The van der Waals surface area contributed by atoms with Gasteiger partial charge in [-0.05, 0) is 38.5 Å². The molecule has 0 aliphatic heterocycles. The number of nitrogens with zero attached hydrogens (tertiary/aromatic N) is 1. The third-order valence-corrected chi connectivity index (χ3v) is 8.31. The summed E-state index contributed by atoms with van der Waals surface area (Å²) in [5.41, 5.74) is 0. The van der Waals surface area contributed by atoms with Crippen molar-refractivity contribution in [3.05, 3.63) is 12.2 Å². The SMILES string of the molecule is CCCCCCCCCC/C=C\CCCCCCCCCCCCC(O)(C[N+](C)(C)C)P(=O)(O)O. The van der Waals surface area contributed by atoms with Crippen molar-refractivity contribution < 1.29 is 23.9 Å². The molecule has 0 heterocycles. The van der Waals surface area contributed by atoms with Crippen molar-refractivity contribution in [3.63, 3.8) is 0 Å². The molecule has 0 radical (unpaired) electrons. The maximum atomic E-state index is 11.8. The van der Waals surface area contributed by atoms with Gasteiger partial charge in [0, 0.05) is 0 Å². The monoisotopic (exact) mass is 518 g/mol. The summed E-state index contributed by atoms with van der Waals surface area (Å²) in [6.07, 6.45) is 30.2. The third-order valence-electron chi connectivity index (χ3n) is 6.86. The summed E-state index contributed by atoms with van der Waals surface area (Å²) in [5.74, 6) is 0. The highest BCUT2D eigenvalue weighted by Crippen LogP contribution is 2.52. The van der Waals surface area contributed by atoms with E-state index in [-0.39, 0.29) is 13.0 Å². The van der Waals surface area contributed by atoms with Crippen LogP contribution in [0.2, 0.25) is 0 Å². The number of hydrogen-bond acceptors (Lipinski definition) is 2. The Morgan fingerprint density at radius 3 is 1.31 bits per heavy atom. The Labute approximate surface area is 218 Å². The molecule has 35 heavy (non-hydrogen) atoms. The number of unbranched alkanes of at least 4 members (excludes halogenated alkanes) is 18. The quantitative estimate of drug-likeness (QED) is 0.0491. The average Bonchev–Trinajstić information content (AvgIpc) is 2.75. The largest absolute Gasteiger partial charge is 0.373 e. The molecule has 0 aromatic heterocycles. The second-order valence-electron chi connectivity index (χ2n) is 11.8. The normalized spacial score (nSPS) is 14.6. The highest BCUT2D eigenvalue weighted by Gasteiger charge is 2.48. The van der Waals surface area contributed by atoms with Crippen molar-refractivity contribution in [2.45, 2.75) is 147 Å². The minimum atomic E-state index is -4.55. The summed E-state index contributed by atoms with van der Waals surface area (Å²) in [5, 5.41) is 8.66. The average molecular weight is 519 g/mol. The van der Waals surface area contributed by atoms with Gasteiger partial charge in [0.1, 0.15) is 6.54 Å². The fourth-order valence-corrected chi connectivity index (χ4v) is 5.85. The zero-order chi connectivity index (χ0) is 26.5. The molecule has 1 atom stereocenters. The van der Waals surface area contributed by atoms with Crippen LogP contribution in [0.3, 0.4) is 0 Å². The summed E-state index contributed by atoms with van der Waals surface area (Å²) in [4.78, 5) is 19.2. The standard InChI is InChI=1S/C29H60NO4P/c1-5-6-7-8-9-10-11-12-13-14-15-16-17-18-19-20-21-22-23-24-25-26-27-29(31,35(32,33)34)28-30(2,3)4/h14-15,31H,5-13,16-28H2,1-4H3,(H-,32,33,34)/p+1/b15-14-. The molecule has 0 aromatic carbocycles. The van der Waals surface area contributed by atoms with Crippen LogP contribution in [-0.2, 0) is 4.57 Å². The van der Waals surface area contributed by atoms with E-state index in [0.29, 0.717) is 10.9 Å². The van der Waals surface area contributed by atoms with Crippen molar-refractivity contribution >= 4 is 7.60 Å². The first-order valence-electron chi connectivity index (χ1n) is 14.8. The molecule has 0 saturated carbocycles. The van der Waals surface area contributed by atoms with E-state index >= 15 is 0 Å². The first kappa shape index (κ1) is 34.8. The summed E-state index contributed by atoms with van der Waals surface area (Å²) in [6.45, 7) is 2.34. The zero-order valence-corrected chi connectivity index (χ0v) is 24.7. The highest BCUT2D eigenvalue weighted by molar-refractivity contribution is 7.53. The lowest BCUT2D eigenvalue weighted by atomic mass is 10.0. The number of likely N-dealkylation sites (N-methyl/N-ethyl adjacent to an activating group) is 1. The van der Waals surface area contributed by atoms with Gasteiger partial charge in [-0.25, -0.2) is 0 Å². The number of quaternary nitrogens is 1. The Balaban J connectivity index is 3.51. The maximum absolute atomic E-state index is 11.8. The van der Waals surface area contributed by atoms with Gasteiger partial charge in [-0.15, -0.1) is 0 Å². The molecule has 0 amide bonds. The van der Waals surface area contributed by atoms with E-state index in [4.69, 9.17) is 0 Å². The fourth-order valence-electron chi connectivity index (χ4n) is 4.79. The lowest BCUT2D eigenvalue weighted by molar-refractivity contribution is -0.875. The molecule has 0 spiro atoms. The van der Waals surface area contributed by atoms with Crippen LogP contribution >= 0.6 is 7.60 Å². The smallest absolute Gasteiger partial charge is 0.362 e. The predicted molar refractivity (Wildman–Crippen MR) is 152 cm³/mol. The van der Waals surface area contributed by atoms with E-state index in [1.807, 2.05) is 21.1 Å². The van der Waals surface area contributed by atoms with Gasteiger partial charge in [0.2, 0.25) is 5.34 Å². The molecule has 0 fully saturated rings. The Hall–Kier alpha value is -0.190. The molecule has 0 aliphatic carbocycles. The van der Waals surface area contributed by atoms with E-state index < -0.39 is 12.9 Å². The van der Waals surface area contributed by atoms with Crippen molar-refractivity contribution in [3.8, 4) is 0 Å². The predicted octanol–water partition coefficient (Wildman–Crippen LogP) is 8.33. The fraction of sp³-hybridized carbons (Fsp3) is 0.931. The van der Waals surface area contributed by atoms with Crippen LogP contribution in [0, 0.1) is 0 Å². The molecule has 0 rings (SSSR count). The summed E-state index contributed by atoms with van der Waals surface area (Å²) < 4.78 is 12.1. The van der Waals surface area contributed by atoms with Crippen LogP contribution < -0.4 is 0 Å². The van der Waals surface area contributed by atoms with Crippen LogP contribution in [0.25, 0.3) is 0 Å². The zero-order valence-electron chi connectivity index (χ0n) is 23.9. The number of aliphatic hydroxyl groups is 1. The number of rotatable bonds is 25. The Kier molecular flexibility index (Phi) is 20.7. The molecule has 0 bridgehead atoms. The molecule has 6 heteroatoms. The van der Waals surface area contributed by atoms with E-state index in [2.05, 4.69) is 19.1 Å². The Morgan fingerprint density at radius 2 is 0.971 bits per heavy atom. The van der Waals surface area contributed by atoms with Crippen LogP contribution in [0.15, 0.2) is 12.2 Å². The first-order chi connectivity index (χ1) is 16.5. The van der Waals surface area contributed by atoms with Gasteiger partial charge in [0.25, 0.3) is 0 Å². The minimum absolute atomic E-state index is 0.0618. The number of allylic oxidation sites excluding steroid dienone is 2. The van der Waals surface area contributed by atoms with Crippen molar-refractivity contribution in [2.75, 3.05) is 27.7 Å². The van der Waals surface area contributed by atoms with Crippen LogP contribution in [0.5, 0.6) is 0 Å². The van der Waals surface area contributed by atoms with E-state index in [0.717, 1.165) is 12.8 Å². The van der Waals surface area contributed by atoms with Crippen LogP contribution in [0.4, 0.5) is 0 Å². The second-order valence-corrected chi connectivity index (χ2v) is 13.7. The van der Waals surface area contributed by atoms with Crippen LogP contribution in [0.1, 0.15) is 142 Å². The molecule has 0 saturated heterocycles. The maximum Gasteiger partial charge on any atom is 0.362 e. The van der Waals surface area contributed by atoms with E-state index in [1.165, 1.54) is 109 Å². The Bertz CT molecular complexity index is 555. The summed E-state index contributed by atoms with van der Waals surface area (Å²) in [7, 11) is 0.984. The first-order valence-corrected chi connectivity index (χ1v) is 16.4. The Morgan fingerprint density at radius 1 is 0.629 bits per heavy atom. The van der Waals surface area contributed by atoms with E-state index in [1.54, 1.807) is 0 Å². The van der Waals surface area contributed by atoms with Gasteiger partial charge >= 0.3 is 7.60 Å². The van der Waals surface area contributed by atoms with Gasteiger partial charge in [-0.2, -0.15) is 0 Å². The minimum Gasteiger partial charge on any atom is -0.373 e. The molecule has 1 unspecified atom stereocenters. The topological polar surface area (TPSA) is 77.8 Å². The summed E-state index contributed by atoms with van der Waals surface area (Å²) >= 11 is 0. The lowest BCUT2D eigenvalue weighted by Gasteiger charge is -2.35. The highest BCUT2D eigenvalue weighted by atomic mass is 31.2. The van der Waals surface area contributed by atoms with Gasteiger partial charge in [-0.1, -0.05) is 115 Å². The van der Waals surface area contributed by atoms with Gasteiger partial charge in [0.15, 0.2) is 0 Å². The molecule has 0 aliphatic rings. The molecular formula is C29H61NO4P+. The second kappa shape index (κ2) is 20.8. The molecule has 5 nitrogen and oxygen atoms in total. The van der Waals surface area contributed by atoms with Crippen molar-refractivity contribution in [1.82, 2.24) is 0 Å². The van der Waals surface area contributed by atoms with Crippen molar-refractivity contribution in [2.24, 2.45) is 0 Å². The van der Waals surface area contributed by atoms with E-state index in [9.17, 15) is 19.5 Å².